The normalized spacial score (nSPS) is 17.6. The Morgan fingerprint density at radius 2 is 1.91 bits per heavy atom. The Bertz CT molecular complexity index is 1250. The lowest BCUT2D eigenvalue weighted by molar-refractivity contribution is 0.0421. The second kappa shape index (κ2) is 8.31. The van der Waals surface area contributed by atoms with Crippen molar-refractivity contribution in [1.29, 1.82) is 5.26 Å². The number of carbonyl (C=O) groups is 1. The van der Waals surface area contributed by atoms with Gasteiger partial charge >= 0.3 is 0 Å². The minimum Gasteiger partial charge on any atom is -0.340 e. The number of aryl methyl sites for hydroxylation is 1. The molecule has 1 saturated heterocycles. The number of hydrogen-bond acceptors (Lipinski definition) is 3. The minimum atomic E-state index is -1.49. The Labute approximate surface area is 197 Å². The van der Waals surface area contributed by atoms with Crippen molar-refractivity contribution < 1.29 is 9.18 Å². The fourth-order valence-electron chi connectivity index (χ4n) is 4.50. The number of halogens is 2. The molecule has 168 valence electrons. The van der Waals surface area contributed by atoms with E-state index in [0.29, 0.717) is 40.9 Å². The number of aromatic nitrogens is 2. The number of rotatable bonds is 4. The minimum absolute atomic E-state index is 0.115. The molecule has 1 saturated carbocycles. The quantitative estimate of drug-likeness (QED) is 0.525. The maximum absolute atomic E-state index is 15.6. The van der Waals surface area contributed by atoms with E-state index in [1.807, 2.05) is 25.1 Å². The van der Waals surface area contributed by atoms with Gasteiger partial charge in [0.2, 0.25) is 0 Å². The van der Waals surface area contributed by atoms with Gasteiger partial charge in [0.25, 0.3) is 5.91 Å². The molecule has 2 aliphatic rings. The van der Waals surface area contributed by atoms with Crippen molar-refractivity contribution in [3.63, 3.8) is 0 Å². The first-order valence-corrected chi connectivity index (χ1v) is 11.6. The molecule has 1 amide bonds. The van der Waals surface area contributed by atoms with Crippen molar-refractivity contribution >= 4 is 17.5 Å². The second-order valence-electron chi connectivity index (χ2n) is 9.04. The number of aromatic amines is 1. The fourth-order valence-corrected chi connectivity index (χ4v) is 4.74. The van der Waals surface area contributed by atoms with Gasteiger partial charge in [-0.3, -0.25) is 4.79 Å². The van der Waals surface area contributed by atoms with Crippen LogP contribution in [0.5, 0.6) is 0 Å². The molecule has 0 bridgehead atoms. The monoisotopic (exact) mass is 462 g/mol. The Morgan fingerprint density at radius 1 is 1.21 bits per heavy atom. The van der Waals surface area contributed by atoms with E-state index in [-0.39, 0.29) is 18.7 Å². The molecular formula is C26H24ClFN4O. The van der Waals surface area contributed by atoms with Gasteiger partial charge in [0.15, 0.2) is 5.15 Å². The summed E-state index contributed by atoms with van der Waals surface area (Å²) in [4.78, 5) is 22.8. The highest BCUT2D eigenvalue weighted by Gasteiger charge is 2.38. The van der Waals surface area contributed by atoms with Gasteiger partial charge in [-0.1, -0.05) is 29.8 Å². The highest BCUT2D eigenvalue weighted by atomic mass is 35.5. The van der Waals surface area contributed by atoms with Gasteiger partial charge in [0.05, 0.1) is 17.3 Å². The van der Waals surface area contributed by atoms with Crippen LogP contribution in [0.25, 0.3) is 11.3 Å². The number of carbonyl (C=O) groups excluding carboxylic acids is 1. The summed E-state index contributed by atoms with van der Waals surface area (Å²) in [7, 11) is 0. The van der Waals surface area contributed by atoms with Crippen LogP contribution < -0.4 is 0 Å². The highest BCUT2D eigenvalue weighted by Crippen LogP contribution is 2.41. The van der Waals surface area contributed by atoms with E-state index in [0.717, 1.165) is 35.5 Å². The average molecular weight is 463 g/mol. The molecule has 2 heterocycles. The van der Waals surface area contributed by atoms with Gasteiger partial charge < -0.3 is 9.88 Å². The zero-order valence-electron chi connectivity index (χ0n) is 18.4. The summed E-state index contributed by atoms with van der Waals surface area (Å²) in [6.07, 6.45) is 2.68. The molecule has 0 unspecified atom stereocenters. The van der Waals surface area contributed by atoms with Gasteiger partial charge in [0.1, 0.15) is 11.5 Å². The number of imidazole rings is 1. The number of H-pyrrole nitrogens is 1. The van der Waals surface area contributed by atoms with Crippen molar-refractivity contribution in [2.24, 2.45) is 0 Å². The number of nitrogens with zero attached hydrogens (tertiary/aromatic N) is 3. The van der Waals surface area contributed by atoms with Gasteiger partial charge in [-0.2, -0.15) is 5.26 Å². The van der Waals surface area contributed by atoms with E-state index >= 15 is 4.39 Å². The zero-order chi connectivity index (χ0) is 23.2. The van der Waals surface area contributed by atoms with E-state index < -0.39 is 5.67 Å². The summed E-state index contributed by atoms with van der Waals surface area (Å²) in [5, 5.41) is 9.38. The largest absolute Gasteiger partial charge is 0.340 e. The van der Waals surface area contributed by atoms with Crippen molar-refractivity contribution in [3.05, 3.63) is 75.7 Å². The molecule has 0 radical (unpaired) electrons. The van der Waals surface area contributed by atoms with Crippen LogP contribution in [0.2, 0.25) is 5.15 Å². The van der Waals surface area contributed by atoms with Crippen LogP contribution in [0.15, 0.2) is 42.5 Å². The van der Waals surface area contributed by atoms with Gasteiger partial charge in [0, 0.05) is 43.0 Å². The number of amides is 1. The first kappa shape index (κ1) is 21.7. The first-order valence-electron chi connectivity index (χ1n) is 11.2. The standard InChI is InChI=1S/C26H24ClFN4O/c1-16-2-5-19(14-21(16)22-23(27)31-24(30-22)18-6-7-18)25(33)32-12-10-26(28,11-13-32)20-8-3-17(15-29)4-9-20/h2-5,8-9,14,18H,6-7,10-13H2,1H3,(H,30,31). The van der Waals surface area contributed by atoms with Gasteiger partial charge in [-0.15, -0.1) is 0 Å². The van der Waals surface area contributed by atoms with Crippen molar-refractivity contribution in [1.82, 2.24) is 14.9 Å². The lowest BCUT2D eigenvalue weighted by Gasteiger charge is -2.37. The third-order valence-electron chi connectivity index (χ3n) is 6.77. The number of benzene rings is 2. The third-order valence-corrected chi connectivity index (χ3v) is 7.04. The second-order valence-corrected chi connectivity index (χ2v) is 9.40. The van der Waals surface area contributed by atoms with E-state index in [4.69, 9.17) is 16.9 Å². The predicted molar refractivity (Wildman–Crippen MR) is 125 cm³/mol. The van der Waals surface area contributed by atoms with E-state index in [2.05, 4.69) is 16.0 Å². The summed E-state index contributed by atoms with van der Waals surface area (Å²) in [5.74, 6) is 1.24. The molecule has 3 aromatic rings. The van der Waals surface area contributed by atoms with Crippen molar-refractivity contribution in [2.75, 3.05) is 13.1 Å². The first-order chi connectivity index (χ1) is 15.9. The zero-order valence-corrected chi connectivity index (χ0v) is 19.1. The maximum Gasteiger partial charge on any atom is 0.253 e. The molecule has 1 aliphatic heterocycles. The Hall–Kier alpha value is -3.17. The van der Waals surface area contributed by atoms with Crippen molar-refractivity contribution in [3.8, 4) is 17.3 Å². The summed E-state index contributed by atoms with van der Waals surface area (Å²) >= 11 is 6.42. The summed E-state index contributed by atoms with van der Waals surface area (Å²) in [6.45, 7) is 2.64. The molecule has 1 aromatic heterocycles. The molecule has 5 rings (SSSR count). The molecule has 1 N–H and O–H groups in total. The van der Waals surface area contributed by atoms with E-state index in [9.17, 15) is 4.79 Å². The molecule has 1 aliphatic carbocycles. The van der Waals surface area contributed by atoms with Crippen LogP contribution >= 0.6 is 11.6 Å². The highest BCUT2D eigenvalue weighted by molar-refractivity contribution is 6.32. The molecule has 2 fully saturated rings. The van der Waals surface area contributed by atoms with Crippen LogP contribution in [0.4, 0.5) is 4.39 Å². The SMILES string of the molecule is Cc1ccc(C(=O)N2CCC(F)(c3ccc(C#N)cc3)CC2)cc1-c1[nH]c(C2CC2)nc1Cl. The average Bonchev–Trinajstić information content (AvgIpc) is 3.61. The van der Waals surface area contributed by atoms with E-state index in [1.165, 1.54) is 0 Å². The number of nitriles is 1. The maximum atomic E-state index is 15.6. The van der Waals surface area contributed by atoms with Crippen LogP contribution in [0, 0.1) is 18.3 Å². The van der Waals surface area contributed by atoms with Crippen LogP contribution in [-0.4, -0.2) is 33.9 Å². The molecule has 0 atom stereocenters. The molecule has 5 nitrogen and oxygen atoms in total. The third kappa shape index (κ3) is 4.14. The molecule has 7 heteroatoms. The fraction of sp³-hybridized carbons (Fsp3) is 0.346. The summed E-state index contributed by atoms with van der Waals surface area (Å²) < 4.78 is 15.6. The lowest BCUT2D eigenvalue weighted by atomic mass is 9.85. The number of alkyl halides is 1. The van der Waals surface area contributed by atoms with Crippen molar-refractivity contribution in [2.45, 2.75) is 44.2 Å². The van der Waals surface area contributed by atoms with Crippen LogP contribution in [-0.2, 0) is 5.67 Å². The van der Waals surface area contributed by atoms with Gasteiger partial charge in [-0.25, -0.2) is 9.37 Å². The molecule has 33 heavy (non-hydrogen) atoms. The molecule has 0 spiro atoms. The number of likely N-dealkylation sites (tertiary alicyclic amines) is 1. The smallest absolute Gasteiger partial charge is 0.253 e. The Balaban J connectivity index is 1.33. The number of hydrogen-bond donors (Lipinski definition) is 1. The predicted octanol–water partition coefficient (Wildman–Crippen LogP) is 5.89. The molecular weight excluding hydrogens is 439 g/mol. The lowest BCUT2D eigenvalue weighted by Crippen LogP contribution is -2.43. The topological polar surface area (TPSA) is 72.8 Å². The van der Waals surface area contributed by atoms with Gasteiger partial charge in [-0.05, 0) is 55.2 Å². The number of nitrogens with one attached hydrogen (secondary N) is 1. The molecule has 2 aromatic carbocycles. The Morgan fingerprint density at radius 3 is 2.55 bits per heavy atom. The van der Waals surface area contributed by atoms with E-state index in [1.54, 1.807) is 29.2 Å². The Kier molecular flexibility index (Phi) is 5.46. The van der Waals surface area contributed by atoms with Crippen LogP contribution in [0.1, 0.15) is 64.5 Å². The van der Waals surface area contributed by atoms with Crippen LogP contribution in [0.3, 0.4) is 0 Å². The summed E-state index contributed by atoms with van der Waals surface area (Å²) in [6, 6.07) is 14.2. The summed E-state index contributed by atoms with van der Waals surface area (Å²) in [5.41, 5.74) is 2.73. The number of piperidine rings is 1.